The molecule has 0 saturated heterocycles. The van der Waals surface area contributed by atoms with Crippen LogP contribution in [-0.4, -0.2) is 16.9 Å². The predicted molar refractivity (Wildman–Crippen MR) is 81.6 cm³/mol. The molecule has 0 bridgehead atoms. The van der Waals surface area contributed by atoms with E-state index in [1.165, 1.54) is 24.2 Å². The lowest BCUT2D eigenvalue weighted by atomic mass is 10.2. The number of aromatic nitrogens is 1. The van der Waals surface area contributed by atoms with Crippen molar-refractivity contribution >= 4 is 28.1 Å². The van der Waals surface area contributed by atoms with E-state index in [9.17, 15) is 4.79 Å². The van der Waals surface area contributed by atoms with Crippen molar-refractivity contribution in [3.05, 3.63) is 41.4 Å². The van der Waals surface area contributed by atoms with Crippen LogP contribution in [0.25, 0.3) is 0 Å². The first-order valence-corrected chi connectivity index (χ1v) is 7.78. The first kappa shape index (κ1) is 13.1. The van der Waals surface area contributed by atoms with Crippen LogP contribution in [0.15, 0.2) is 35.7 Å². The van der Waals surface area contributed by atoms with E-state index in [0.29, 0.717) is 11.7 Å². The maximum atomic E-state index is 12.1. The minimum atomic E-state index is -0.0609. The van der Waals surface area contributed by atoms with E-state index in [4.69, 9.17) is 0 Å². The van der Waals surface area contributed by atoms with Crippen LogP contribution < -0.4 is 10.6 Å². The van der Waals surface area contributed by atoms with Crippen molar-refractivity contribution in [2.45, 2.75) is 31.7 Å². The maximum absolute atomic E-state index is 12.1. The number of thiazole rings is 1. The van der Waals surface area contributed by atoms with Crippen LogP contribution in [0.3, 0.4) is 0 Å². The molecule has 5 heteroatoms. The summed E-state index contributed by atoms with van der Waals surface area (Å²) < 4.78 is 0. The van der Waals surface area contributed by atoms with Gasteiger partial charge in [-0.2, -0.15) is 0 Å². The second-order valence-corrected chi connectivity index (χ2v) is 5.84. The third-order valence-electron chi connectivity index (χ3n) is 3.45. The average molecular weight is 287 g/mol. The van der Waals surface area contributed by atoms with Crippen molar-refractivity contribution < 1.29 is 4.79 Å². The fraction of sp³-hybridized carbons (Fsp3) is 0.333. The van der Waals surface area contributed by atoms with E-state index in [0.717, 1.165) is 23.7 Å². The van der Waals surface area contributed by atoms with Crippen molar-refractivity contribution in [2.24, 2.45) is 0 Å². The summed E-state index contributed by atoms with van der Waals surface area (Å²) >= 11 is 1.45. The number of para-hydroxylation sites is 1. The Morgan fingerprint density at radius 1 is 1.20 bits per heavy atom. The van der Waals surface area contributed by atoms with Gasteiger partial charge >= 0.3 is 0 Å². The van der Waals surface area contributed by atoms with Gasteiger partial charge in [0.25, 0.3) is 5.91 Å². The van der Waals surface area contributed by atoms with Gasteiger partial charge in [-0.3, -0.25) is 4.79 Å². The normalized spacial score (nSPS) is 15.2. The highest BCUT2D eigenvalue weighted by atomic mass is 32.1. The molecule has 0 unspecified atom stereocenters. The highest BCUT2D eigenvalue weighted by molar-refractivity contribution is 7.14. The van der Waals surface area contributed by atoms with Crippen LogP contribution in [0.4, 0.5) is 10.8 Å². The van der Waals surface area contributed by atoms with Crippen molar-refractivity contribution in [3.8, 4) is 0 Å². The van der Waals surface area contributed by atoms with Gasteiger partial charge in [-0.25, -0.2) is 4.98 Å². The van der Waals surface area contributed by atoms with Crippen LogP contribution >= 0.6 is 11.3 Å². The zero-order chi connectivity index (χ0) is 13.8. The Kier molecular flexibility index (Phi) is 3.97. The number of nitrogens with one attached hydrogen (secondary N) is 2. The molecule has 2 aromatic rings. The molecule has 1 amide bonds. The van der Waals surface area contributed by atoms with Gasteiger partial charge in [0, 0.05) is 17.1 Å². The van der Waals surface area contributed by atoms with Gasteiger partial charge in [0.15, 0.2) is 5.13 Å². The Balaban J connectivity index is 1.62. The molecule has 0 aliphatic heterocycles. The molecule has 0 atom stereocenters. The van der Waals surface area contributed by atoms with E-state index in [1.54, 1.807) is 5.38 Å². The summed E-state index contributed by atoms with van der Waals surface area (Å²) in [6, 6.07) is 10.2. The number of hydrogen-bond acceptors (Lipinski definition) is 4. The molecule has 2 N–H and O–H groups in total. The van der Waals surface area contributed by atoms with Crippen molar-refractivity contribution in [3.63, 3.8) is 0 Å². The molecule has 1 heterocycles. The smallest absolute Gasteiger partial charge is 0.271 e. The average Bonchev–Trinajstić information content (AvgIpc) is 3.11. The fourth-order valence-electron chi connectivity index (χ4n) is 2.41. The molecule has 1 aliphatic rings. The van der Waals surface area contributed by atoms with E-state index in [1.807, 2.05) is 30.3 Å². The summed E-state index contributed by atoms with van der Waals surface area (Å²) in [7, 11) is 0. The molecule has 20 heavy (non-hydrogen) atoms. The van der Waals surface area contributed by atoms with Gasteiger partial charge in [-0.05, 0) is 25.0 Å². The first-order valence-electron chi connectivity index (χ1n) is 6.90. The Hall–Kier alpha value is -1.88. The quantitative estimate of drug-likeness (QED) is 0.904. The molecule has 4 nitrogen and oxygen atoms in total. The highest BCUT2D eigenvalue weighted by Gasteiger charge is 2.19. The fourth-order valence-corrected chi connectivity index (χ4v) is 3.12. The Bertz CT molecular complexity index is 576. The lowest BCUT2D eigenvalue weighted by molar-refractivity contribution is 0.0933. The summed E-state index contributed by atoms with van der Waals surface area (Å²) in [5.74, 6) is -0.0609. The summed E-state index contributed by atoms with van der Waals surface area (Å²) in [6.07, 6.45) is 4.60. The molecular weight excluding hydrogens is 270 g/mol. The second-order valence-electron chi connectivity index (χ2n) is 4.98. The number of rotatable bonds is 4. The Morgan fingerprint density at radius 3 is 2.70 bits per heavy atom. The molecule has 0 spiro atoms. The van der Waals surface area contributed by atoms with Crippen molar-refractivity contribution in [1.82, 2.24) is 10.3 Å². The number of carbonyl (C=O) groups excluding carboxylic acids is 1. The van der Waals surface area contributed by atoms with Crippen LogP contribution in [0.5, 0.6) is 0 Å². The van der Waals surface area contributed by atoms with Crippen LogP contribution in [0, 0.1) is 0 Å². The molecule has 0 radical (unpaired) electrons. The zero-order valence-electron chi connectivity index (χ0n) is 11.1. The number of hydrogen-bond donors (Lipinski definition) is 2. The highest BCUT2D eigenvalue weighted by Crippen LogP contribution is 2.22. The number of anilines is 2. The number of amides is 1. The standard InChI is InChI=1S/C15H17N3OS/c19-14(16-11-8-4-5-9-11)13-10-20-15(18-13)17-12-6-2-1-3-7-12/h1-3,6-7,10-11H,4-5,8-9H2,(H,16,19)(H,17,18). The van der Waals surface area contributed by atoms with Gasteiger partial charge in [0.05, 0.1) is 0 Å². The molecule has 1 aromatic heterocycles. The number of nitrogens with zero attached hydrogens (tertiary/aromatic N) is 1. The molecule has 3 rings (SSSR count). The van der Waals surface area contributed by atoms with E-state index < -0.39 is 0 Å². The SMILES string of the molecule is O=C(NC1CCCC1)c1csc(Nc2ccccc2)n1. The molecule has 1 aromatic carbocycles. The van der Waals surface area contributed by atoms with Gasteiger partial charge in [-0.15, -0.1) is 11.3 Å². The predicted octanol–water partition coefficient (Wildman–Crippen LogP) is 3.56. The topological polar surface area (TPSA) is 54.0 Å². The monoisotopic (exact) mass is 287 g/mol. The van der Waals surface area contributed by atoms with Gasteiger partial charge < -0.3 is 10.6 Å². The lowest BCUT2D eigenvalue weighted by Crippen LogP contribution is -2.32. The van der Waals surface area contributed by atoms with E-state index >= 15 is 0 Å². The molecule has 1 saturated carbocycles. The number of benzene rings is 1. The largest absolute Gasteiger partial charge is 0.348 e. The lowest BCUT2D eigenvalue weighted by Gasteiger charge is -2.09. The van der Waals surface area contributed by atoms with Crippen LogP contribution in [0.2, 0.25) is 0 Å². The third-order valence-corrected chi connectivity index (χ3v) is 4.21. The van der Waals surface area contributed by atoms with Gasteiger partial charge in [0.1, 0.15) is 5.69 Å². The second kappa shape index (κ2) is 6.05. The molecule has 1 fully saturated rings. The summed E-state index contributed by atoms with van der Waals surface area (Å²) in [6.45, 7) is 0. The van der Waals surface area contributed by atoms with Crippen molar-refractivity contribution in [1.29, 1.82) is 0 Å². The van der Waals surface area contributed by atoms with E-state index in [-0.39, 0.29) is 5.91 Å². The zero-order valence-corrected chi connectivity index (χ0v) is 12.0. The third kappa shape index (κ3) is 3.17. The molecule has 1 aliphatic carbocycles. The Morgan fingerprint density at radius 2 is 1.95 bits per heavy atom. The molecule has 104 valence electrons. The number of carbonyl (C=O) groups is 1. The van der Waals surface area contributed by atoms with Gasteiger partial charge in [0.2, 0.25) is 0 Å². The van der Waals surface area contributed by atoms with Crippen LogP contribution in [-0.2, 0) is 0 Å². The summed E-state index contributed by atoms with van der Waals surface area (Å²) in [4.78, 5) is 16.4. The maximum Gasteiger partial charge on any atom is 0.271 e. The first-order chi connectivity index (χ1) is 9.81. The summed E-state index contributed by atoms with van der Waals surface area (Å²) in [5, 5.41) is 8.79. The van der Waals surface area contributed by atoms with E-state index in [2.05, 4.69) is 15.6 Å². The van der Waals surface area contributed by atoms with Crippen molar-refractivity contribution in [2.75, 3.05) is 5.32 Å². The Labute approximate surface area is 122 Å². The minimum absolute atomic E-state index is 0.0609. The summed E-state index contributed by atoms with van der Waals surface area (Å²) in [5.41, 5.74) is 1.48. The minimum Gasteiger partial charge on any atom is -0.348 e. The van der Waals surface area contributed by atoms with Gasteiger partial charge in [-0.1, -0.05) is 31.0 Å². The van der Waals surface area contributed by atoms with Crippen LogP contribution in [0.1, 0.15) is 36.2 Å². The molecular formula is C15H17N3OS.